The maximum Gasteiger partial charge on any atom is 0.227 e. The van der Waals surface area contributed by atoms with Gasteiger partial charge in [-0.1, -0.05) is 29.3 Å². The third-order valence-electron chi connectivity index (χ3n) is 3.20. The van der Waals surface area contributed by atoms with Crippen molar-refractivity contribution in [1.82, 2.24) is 9.80 Å². The Labute approximate surface area is 117 Å². The topological polar surface area (TPSA) is 23.6 Å². The van der Waals surface area contributed by atoms with Crippen LogP contribution < -0.4 is 0 Å². The van der Waals surface area contributed by atoms with Crippen LogP contribution in [-0.4, -0.2) is 48.9 Å². The molecule has 1 heterocycles. The van der Waals surface area contributed by atoms with Gasteiger partial charge in [-0.05, 0) is 24.7 Å². The summed E-state index contributed by atoms with van der Waals surface area (Å²) in [5.41, 5.74) is 0.910. The van der Waals surface area contributed by atoms with Gasteiger partial charge in [0.2, 0.25) is 5.91 Å². The van der Waals surface area contributed by atoms with Crippen LogP contribution in [-0.2, 0) is 11.2 Å². The fourth-order valence-corrected chi connectivity index (χ4v) is 2.31. The number of likely N-dealkylation sites (N-methyl/N-ethyl adjacent to an activating group) is 1. The van der Waals surface area contributed by atoms with Crippen LogP contribution in [0, 0.1) is 0 Å². The van der Waals surface area contributed by atoms with Gasteiger partial charge in [0.1, 0.15) is 0 Å². The Kier molecular flexibility index (Phi) is 4.49. The molecular formula is C13H16Cl2N2O. The number of carbonyl (C=O) groups is 1. The molecule has 1 fully saturated rings. The molecule has 5 heteroatoms. The lowest BCUT2D eigenvalue weighted by atomic mass is 9.87. The minimum atomic E-state index is 0.154. The molecule has 0 aromatic heterocycles. The van der Waals surface area contributed by atoms with Crippen molar-refractivity contribution in [1.29, 1.82) is 0 Å². The van der Waals surface area contributed by atoms with Crippen molar-refractivity contribution in [3.63, 3.8) is 0 Å². The van der Waals surface area contributed by atoms with Gasteiger partial charge in [-0.2, -0.15) is 0 Å². The zero-order valence-electron chi connectivity index (χ0n) is 10.3. The molecule has 1 aromatic carbocycles. The van der Waals surface area contributed by atoms with Crippen molar-refractivity contribution in [3.05, 3.63) is 33.8 Å². The highest BCUT2D eigenvalue weighted by atomic mass is 35.5. The first-order valence-corrected chi connectivity index (χ1v) is 6.72. The van der Waals surface area contributed by atoms with E-state index in [1.54, 1.807) is 12.1 Å². The molecule has 2 rings (SSSR count). The number of piperazine rings is 1. The fourth-order valence-electron chi connectivity index (χ4n) is 1.99. The van der Waals surface area contributed by atoms with Gasteiger partial charge in [-0.3, -0.25) is 4.79 Å². The van der Waals surface area contributed by atoms with Crippen molar-refractivity contribution >= 4 is 29.1 Å². The first-order chi connectivity index (χ1) is 8.56. The summed E-state index contributed by atoms with van der Waals surface area (Å²) in [6, 6.07) is 5.34. The molecule has 0 radical (unpaired) electrons. The highest BCUT2D eigenvalue weighted by Crippen LogP contribution is 2.23. The van der Waals surface area contributed by atoms with Gasteiger partial charge in [-0.15, -0.1) is 0 Å². The lowest BCUT2D eigenvalue weighted by Gasteiger charge is -2.32. The molecule has 0 unspecified atom stereocenters. The Balaban J connectivity index is 1.96. The molecule has 18 heavy (non-hydrogen) atoms. The Morgan fingerprint density at radius 2 is 1.83 bits per heavy atom. The summed E-state index contributed by atoms with van der Waals surface area (Å²) < 4.78 is 0. The van der Waals surface area contributed by atoms with Crippen LogP contribution in [0.5, 0.6) is 0 Å². The van der Waals surface area contributed by atoms with Crippen LogP contribution in [0.25, 0.3) is 0 Å². The minimum absolute atomic E-state index is 0.154. The zero-order chi connectivity index (χ0) is 13.1. The van der Waals surface area contributed by atoms with Crippen molar-refractivity contribution in [2.45, 2.75) is 6.42 Å². The Hall–Kier alpha value is -0.770. The lowest BCUT2D eigenvalue weighted by Crippen LogP contribution is -2.47. The summed E-state index contributed by atoms with van der Waals surface area (Å²) in [4.78, 5) is 16.2. The molecule has 3 nitrogen and oxygen atoms in total. The normalized spacial score (nSPS) is 16.9. The van der Waals surface area contributed by atoms with E-state index in [1.165, 1.54) is 0 Å². The average Bonchev–Trinajstić information content (AvgIpc) is 2.34. The van der Waals surface area contributed by atoms with E-state index < -0.39 is 0 Å². The number of rotatable bonds is 2. The van der Waals surface area contributed by atoms with E-state index >= 15 is 0 Å². The van der Waals surface area contributed by atoms with Gasteiger partial charge in [0.05, 0.1) is 16.5 Å². The first-order valence-electron chi connectivity index (χ1n) is 5.96. The molecule has 1 saturated heterocycles. The van der Waals surface area contributed by atoms with Gasteiger partial charge in [0.25, 0.3) is 0 Å². The highest BCUT2D eigenvalue weighted by molar-refractivity contribution is 6.42. The first kappa shape index (κ1) is 13.7. The summed E-state index contributed by atoms with van der Waals surface area (Å²) in [5.74, 6) is 0.154. The second-order valence-corrected chi connectivity index (χ2v) is 5.42. The predicted molar refractivity (Wildman–Crippen MR) is 74.2 cm³/mol. The quantitative estimate of drug-likeness (QED) is 0.833. The number of halogens is 2. The minimum Gasteiger partial charge on any atom is -0.340 e. The summed E-state index contributed by atoms with van der Waals surface area (Å²) in [7, 11) is 2.07. The van der Waals surface area contributed by atoms with Crippen LogP contribution in [0.4, 0.5) is 0 Å². The molecule has 1 amide bonds. The van der Waals surface area contributed by atoms with E-state index in [9.17, 15) is 4.79 Å². The van der Waals surface area contributed by atoms with Crippen LogP contribution in [0.2, 0.25) is 10.0 Å². The van der Waals surface area contributed by atoms with Crippen molar-refractivity contribution in [3.8, 4) is 0 Å². The van der Waals surface area contributed by atoms with E-state index in [2.05, 4.69) is 11.9 Å². The van der Waals surface area contributed by atoms with E-state index in [1.807, 2.05) is 11.0 Å². The molecule has 0 aliphatic carbocycles. The van der Waals surface area contributed by atoms with E-state index in [-0.39, 0.29) is 5.91 Å². The number of carbonyl (C=O) groups excluding carboxylic acids is 1. The van der Waals surface area contributed by atoms with Crippen LogP contribution in [0.3, 0.4) is 0 Å². The Morgan fingerprint density at radius 3 is 2.44 bits per heavy atom. The number of benzene rings is 1. The molecule has 0 bridgehead atoms. The fraction of sp³-hybridized carbons (Fsp3) is 0.462. The predicted octanol–water partition coefficient (Wildman–Crippen LogP) is 2.31. The number of hydrogen-bond donors (Lipinski definition) is 0. The Bertz CT molecular complexity index is 443. The smallest absolute Gasteiger partial charge is 0.227 e. The van der Waals surface area contributed by atoms with Gasteiger partial charge in [0.15, 0.2) is 0 Å². The van der Waals surface area contributed by atoms with Crippen molar-refractivity contribution in [2.75, 3.05) is 33.2 Å². The van der Waals surface area contributed by atoms with Gasteiger partial charge >= 0.3 is 0 Å². The largest absolute Gasteiger partial charge is 0.340 e. The van der Waals surface area contributed by atoms with Crippen LogP contribution in [0.1, 0.15) is 5.56 Å². The summed E-state index contributed by atoms with van der Waals surface area (Å²) in [5, 5.41) is 1.02. The summed E-state index contributed by atoms with van der Waals surface area (Å²) in [6.45, 7) is 3.48. The van der Waals surface area contributed by atoms with Gasteiger partial charge in [0, 0.05) is 26.2 Å². The molecule has 1 aromatic rings. The molecule has 1 aliphatic heterocycles. The average molecular weight is 286 g/mol. The van der Waals surface area contributed by atoms with E-state index in [0.29, 0.717) is 16.5 Å². The third kappa shape index (κ3) is 3.37. The highest BCUT2D eigenvalue weighted by Gasteiger charge is 2.19. The molecule has 0 atom stereocenters. The van der Waals surface area contributed by atoms with E-state index in [4.69, 9.17) is 23.2 Å². The van der Waals surface area contributed by atoms with Crippen molar-refractivity contribution < 1.29 is 4.79 Å². The number of amides is 1. The third-order valence-corrected chi connectivity index (χ3v) is 3.93. The van der Waals surface area contributed by atoms with Crippen LogP contribution in [0.15, 0.2) is 18.2 Å². The van der Waals surface area contributed by atoms with Gasteiger partial charge in [-0.25, -0.2) is 0 Å². The standard InChI is InChI=1S/C13H16Cl2N2O/c1-16-4-6-17(7-5-16)13(18)9-10-2-3-11(14)12(15)8-10/h2-3,8H,4-7,9H2,1H3/i13-1. The maximum absolute atomic E-state index is 12.1. The molecule has 0 N–H and O–H groups in total. The number of hydrogen-bond acceptors (Lipinski definition) is 2. The molecular weight excluding hydrogens is 270 g/mol. The molecule has 98 valence electrons. The SMILES string of the molecule is CN1CCN([11C](=O)Cc2ccc(Cl)c(Cl)c2)CC1. The molecule has 0 spiro atoms. The number of nitrogens with zero attached hydrogens (tertiary/aromatic N) is 2. The maximum atomic E-state index is 12.1. The lowest BCUT2D eigenvalue weighted by molar-refractivity contribution is -0.132. The van der Waals surface area contributed by atoms with Crippen LogP contribution >= 0.6 is 23.2 Å². The molecule has 1 aliphatic rings. The van der Waals surface area contributed by atoms with Gasteiger partial charge < -0.3 is 9.80 Å². The summed E-state index contributed by atoms with van der Waals surface area (Å²) >= 11 is 11.8. The zero-order valence-corrected chi connectivity index (χ0v) is 11.8. The van der Waals surface area contributed by atoms with E-state index in [0.717, 1.165) is 31.7 Å². The monoisotopic (exact) mass is 285 g/mol. The summed E-state index contributed by atoms with van der Waals surface area (Å²) in [6.07, 6.45) is 0.389. The Morgan fingerprint density at radius 1 is 1.17 bits per heavy atom. The molecule has 0 saturated carbocycles. The second kappa shape index (κ2) is 5.91. The van der Waals surface area contributed by atoms with Crippen molar-refractivity contribution in [2.24, 2.45) is 0 Å². The second-order valence-electron chi connectivity index (χ2n) is 4.61.